The fraction of sp³-hybridized carbons (Fsp3) is 0.125. The summed E-state index contributed by atoms with van der Waals surface area (Å²) in [6.45, 7) is 1.98. The Morgan fingerprint density at radius 3 is 2.81 bits per heavy atom. The van der Waals surface area contributed by atoms with Crippen LogP contribution in [-0.2, 0) is 6.42 Å². The molecule has 0 bridgehead atoms. The molecule has 0 spiro atoms. The van der Waals surface area contributed by atoms with E-state index in [1.807, 2.05) is 23.6 Å². The minimum absolute atomic E-state index is 0.279. The summed E-state index contributed by atoms with van der Waals surface area (Å²) in [5.74, 6) is 0.376. The van der Waals surface area contributed by atoms with Gasteiger partial charge >= 0.3 is 0 Å². The van der Waals surface area contributed by atoms with Gasteiger partial charge in [-0.2, -0.15) is 5.26 Å². The van der Waals surface area contributed by atoms with E-state index in [-0.39, 0.29) is 5.56 Å². The number of aryl methyl sites for hydroxylation is 1. The third kappa shape index (κ3) is 2.11. The number of nitriles is 1. The zero-order valence-electron chi connectivity index (χ0n) is 11.5. The minimum Gasteiger partial charge on any atom is -0.399 e. The molecular weight excluding hydrogens is 267 g/mol. The Morgan fingerprint density at radius 2 is 2.10 bits per heavy atom. The van der Waals surface area contributed by atoms with E-state index >= 15 is 0 Å². The van der Waals surface area contributed by atoms with Gasteiger partial charge in [-0.3, -0.25) is 4.57 Å². The molecule has 0 radical (unpaired) electrons. The second-order valence-corrected chi connectivity index (χ2v) is 4.74. The van der Waals surface area contributed by atoms with Crippen molar-refractivity contribution >= 4 is 16.7 Å². The first-order valence-corrected chi connectivity index (χ1v) is 6.61. The first-order chi connectivity index (χ1) is 10.1. The number of nitrogen functional groups attached to an aromatic ring is 1. The predicted molar refractivity (Wildman–Crippen MR) is 79.5 cm³/mol. The van der Waals surface area contributed by atoms with Crippen LogP contribution in [0.25, 0.3) is 16.7 Å². The lowest BCUT2D eigenvalue weighted by molar-refractivity contribution is 0.626. The molecule has 0 unspecified atom stereocenters. The number of imidazole rings is 1. The molecule has 0 atom stereocenters. The first kappa shape index (κ1) is 13.1. The second kappa shape index (κ2) is 4.91. The van der Waals surface area contributed by atoms with Gasteiger partial charge in [-0.25, -0.2) is 9.37 Å². The molecule has 5 heteroatoms. The van der Waals surface area contributed by atoms with E-state index in [0.717, 1.165) is 16.9 Å². The summed E-state index contributed by atoms with van der Waals surface area (Å²) < 4.78 is 15.2. The van der Waals surface area contributed by atoms with Crippen LogP contribution in [0.2, 0.25) is 0 Å². The number of fused-ring (bicyclic) bond motifs is 1. The van der Waals surface area contributed by atoms with Gasteiger partial charge < -0.3 is 5.73 Å². The number of rotatable bonds is 2. The van der Waals surface area contributed by atoms with E-state index in [4.69, 9.17) is 5.73 Å². The molecule has 0 saturated carbocycles. The number of aromatic nitrogens is 2. The van der Waals surface area contributed by atoms with Crippen molar-refractivity contribution in [3.8, 4) is 11.8 Å². The van der Waals surface area contributed by atoms with E-state index in [0.29, 0.717) is 17.8 Å². The van der Waals surface area contributed by atoms with Crippen molar-refractivity contribution in [3.05, 3.63) is 53.6 Å². The Hall–Kier alpha value is -2.87. The molecule has 0 aliphatic heterocycles. The van der Waals surface area contributed by atoms with Crippen LogP contribution in [0.5, 0.6) is 0 Å². The Labute approximate surface area is 121 Å². The van der Waals surface area contributed by atoms with Crippen LogP contribution >= 0.6 is 0 Å². The molecule has 3 rings (SSSR count). The summed E-state index contributed by atoms with van der Waals surface area (Å²) in [6, 6.07) is 11.7. The van der Waals surface area contributed by atoms with Crippen LogP contribution in [0.1, 0.15) is 18.3 Å². The smallest absolute Gasteiger partial charge is 0.124 e. The number of halogens is 1. The van der Waals surface area contributed by atoms with Crippen molar-refractivity contribution in [1.82, 2.24) is 9.55 Å². The van der Waals surface area contributed by atoms with Gasteiger partial charge in [0.25, 0.3) is 0 Å². The lowest BCUT2D eigenvalue weighted by Crippen LogP contribution is -2.03. The molecule has 2 N–H and O–H groups in total. The van der Waals surface area contributed by atoms with Gasteiger partial charge in [-0.1, -0.05) is 6.92 Å². The summed E-state index contributed by atoms with van der Waals surface area (Å²) in [6.07, 6.45) is 0.691. The van der Waals surface area contributed by atoms with Crippen molar-refractivity contribution in [2.45, 2.75) is 13.3 Å². The normalized spacial score (nSPS) is 10.7. The molecule has 4 nitrogen and oxygen atoms in total. The fourth-order valence-electron chi connectivity index (χ4n) is 2.45. The Balaban J connectivity index is 2.37. The number of benzene rings is 2. The number of hydrogen-bond acceptors (Lipinski definition) is 3. The molecule has 21 heavy (non-hydrogen) atoms. The van der Waals surface area contributed by atoms with Crippen LogP contribution in [0.3, 0.4) is 0 Å². The van der Waals surface area contributed by atoms with Crippen LogP contribution in [0.15, 0.2) is 36.4 Å². The van der Waals surface area contributed by atoms with Crippen LogP contribution < -0.4 is 5.73 Å². The van der Waals surface area contributed by atoms with Gasteiger partial charge in [-0.05, 0) is 36.4 Å². The van der Waals surface area contributed by atoms with Crippen molar-refractivity contribution in [3.63, 3.8) is 0 Å². The van der Waals surface area contributed by atoms with Crippen molar-refractivity contribution in [2.24, 2.45) is 0 Å². The lowest BCUT2D eigenvalue weighted by atomic mass is 10.1. The zero-order valence-corrected chi connectivity index (χ0v) is 11.5. The molecule has 1 heterocycles. The summed E-state index contributed by atoms with van der Waals surface area (Å²) in [5.41, 5.74) is 8.94. The third-order valence-corrected chi connectivity index (χ3v) is 3.38. The summed E-state index contributed by atoms with van der Waals surface area (Å²) in [4.78, 5) is 4.55. The molecule has 0 aliphatic rings. The summed E-state index contributed by atoms with van der Waals surface area (Å²) >= 11 is 0. The fourth-order valence-corrected chi connectivity index (χ4v) is 2.45. The van der Waals surface area contributed by atoms with Gasteiger partial charge in [0.05, 0.1) is 22.3 Å². The van der Waals surface area contributed by atoms with Crippen molar-refractivity contribution in [2.75, 3.05) is 5.73 Å². The highest BCUT2D eigenvalue weighted by Crippen LogP contribution is 2.26. The Bertz CT molecular complexity index is 874. The largest absolute Gasteiger partial charge is 0.399 e. The Morgan fingerprint density at radius 1 is 1.29 bits per heavy atom. The monoisotopic (exact) mass is 280 g/mol. The number of hydrogen-bond donors (Lipinski definition) is 1. The number of anilines is 1. The second-order valence-electron chi connectivity index (χ2n) is 4.74. The topological polar surface area (TPSA) is 67.6 Å². The van der Waals surface area contributed by atoms with Crippen molar-refractivity contribution in [1.29, 1.82) is 5.26 Å². The van der Waals surface area contributed by atoms with Gasteiger partial charge in [0, 0.05) is 12.1 Å². The Kier molecular flexibility index (Phi) is 3.07. The third-order valence-electron chi connectivity index (χ3n) is 3.38. The highest BCUT2D eigenvalue weighted by Gasteiger charge is 2.14. The number of nitrogens with zero attached hydrogens (tertiary/aromatic N) is 3. The maximum atomic E-state index is 13.3. The molecule has 2 aromatic carbocycles. The SMILES string of the molecule is CCc1nc2cc(N)ccc2n1-c1ccc(F)cc1C#N. The zero-order chi connectivity index (χ0) is 15.0. The number of nitrogens with two attached hydrogens (primary N) is 1. The highest BCUT2D eigenvalue weighted by molar-refractivity contribution is 5.82. The van der Waals surface area contributed by atoms with Crippen LogP contribution in [-0.4, -0.2) is 9.55 Å². The maximum Gasteiger partial charge on any atom is 0.124 e. The van der Waals surface area contributed by atoms with Crippen LogP contribution in [0, 0.1) is 17.1 Å². The minimum atomic E-state index is -0.429. The molecular formula is C16H13FN4. The molecule has 0 aliphatic carbocycles. The molecule has 0 amide bonds. The average Bonchev–Trinajstić information content (AvgIpc) is 2.84. The van der Waals surface area contributed by atoms with Crippen LogP contribution in [0.4, 0.5) is 10.1 Å². The first-order valence-electron chi connectivity index (χ1n) is 6.61. The van der Waals surface area contributed by atoms with Gasteiger partial charge in [0.15, 0.2) is 0 Å². The molecule has 104 valence electrons. The standard InChI is InChI=1S/C16H13FN4/c1-2-16-20-13-8-12(19)4-6-15(13)21(16)14-5-3-11(17)7-10(14)9-18/h3-8H,2,19H2,1H3. The molecule has 0 saturated heterocycles. The van der Waals surface area contributed by atoms with Gasteiger partial charge in [0.2, 0.25) is 0 Å². The summed E-state index contributed by atoms with van der Waals surface area (Å²) in [7, 11) is 0. The van der Waals surface area contributed by atoms with Gasteiger partial charge in [0.1, 0.15) is 17.7 Å². The van der Waals surface area contributed by atoms with E-state index in [2.05, 4.69) is 4.98 Å². The van der Waals surface area contributed by atoms with Gasteiger partial charge in [-0.15, -0.1) is 0 Å². The lowest BCUT2D eigenvalue weighted by Gasteiger charge is -2.10. The maximum absolute atomic E-state index is 13.3. The molecule has 3 aromatic rings. The predicted octanol–water partition coefficient (Wildman–Crippen LogP) is 3.18. The van der Waals surface area contributed by atoms with E-state index in [9.17, 15) is 9.65 Å². The van der Waals surface area contributed by atoms with E-state index < -0.39 is 5.82 Å². The summed E-state index contributed by atoms with van der Waals surface area (Å²) in [5, 5.41) is 9.25. The molecule has 0 fully saturated rings. The highest BCUT2D eigenvalue weighted by atomic mass is 19.1. The quantitative estimate of drug-likeness (QED) is 0.733. The van der Waals surface area contributed by atoms with Crippen molar-refractivity contribution < 1.29 is 4.39 Å². The average molecular weight is 280 g/mol. The van der Waals surface area contributed by atoms with E-state index in [1.54, 1.807) is 18.2 Å². The molecule has 1 aromatic heterocycles. The van der Waals surface area contributed by atoms with E-state index in [1.165, 1.54) is 12.1 Å².